The monoisotopic (exact) mass is 244 g/mol. The first-order valence-electron chi connectivity index (χ1n) is 4.70. The first-order chi connectivity index (χ1) is 7.04. The summed E-state index contributed by atoms with van der Waals surface area (Å²) in [5.41, 5.74) is 6.39. The average Bonchev–Trinajstić information content (AvgIpc) is 2.47. The van der Waals surface area contributed by atoms with Gasteiger partial charge in [0.2, 0.25) is 0 Å². The summed E-state index contributed by atoms with van der Waals surface area (Å²) in [6.07, 6.45) is 2.02. The van der Waals surface area contributed by atoms with Gasteiger partial charge in [0.15, 0.2) is 0 Å². The van der Waals surface area contributed by atoms with Gasteiger partial charge in [-0.15, -0.1) is 11.3 Å². The number of aryl methyl sites for hydroxylation is 1. The van der Waals surface area contributed by atoms with Crippen LogP contribution in [0.25, 0.3) is 0 Å². The Morgan fingerprint density at radius 3 is 2.87 bits per heavy atom. The van der Waals surface area contributed by atoms with Crippen LogP contribution in [0.5, 0.6) is 0 Å². The second kappa shape index (κ2) is 5.42. The molecule has 0 saturated heterocycles. The Balaban J connectivity index is 2.61. The molecular weight excluding hydrogens is 228 g/mol. The van der Waals surface area contributed by atoms with E-state index in [9.17, 15) is 4.79 Å². The number of rotatable bonds is 4. The van der Waals surface area contributed by atoms with Crippen molar-refractivity contribution in [1.29, 1.82) is 0 Å². The van der Waals surface area contributed by atoms with Crippen LogP contribution in [0.15, 0.2) is 6.07 Å². The zero-order valence-electron chi connectivity index (χ0n) is 9.16. The number of nitrogens with one attached hydrogen (secondary N) is 1. The third-order valence-electron chi connectivity index (χ3n) is 1.97. The summed E-state index contributed by atoms with van der Waals surface area (Å²) in [5, 5.41) is 2.93. The molecule has 0 radical (unpaired) electrons. The highest BCUT2D eigenvalue weighted by Crippen LogP contribution is 2.23. The van der Waals surface area contributed by atoms with Crippen LogP contribution < -0.4 is 11.1 Å². The van der Waals surface area contributed by atoms with Crippen molar-refractivity contribution in [2.75, 3.05) is 17.7 Å². The first kappa shape index (κ1) is 12.4. The fraction of sp³-hybridized carbons (Fsp3) is 0.500. The Hall–Kier alpha value is -0.680. The molecule has 3 N–H and O–H groups in total. The fourth-order valence-electron chi connectivity index (χ4n) is 1.19. The van der Waals surface area contributed by atoms with Gasteiger partial charge in [-0.3, -0.25) is 4.79 Å². The lowest BCUT2D eigenvalue weighted by Gasteiger charge is -2.10. The van der Waals surface area contributed by atoms with Gasteiger partial charge < -0.3 is 11.1 Å². The van der Waals surface area contributed by atoms with Crippen LogP contribution >= 0.6 is 23.1 Å². The molecule has 1 unspecified atom stereocenters. The molecule has 5 heteroatoms. The Labute approximate surface area is 98.4 Å². The highest BCUT2D eigenvalue weighted by Gasteiger charge is 2.12. The molecule has 0 aromatic carbocycles. The Kier molecular flexibility index (Phi) is 4.47. The number of anilines is 1. The van der Waals surface area contributed by atoms with Crippen molar-refractivity contribution < 1.29 is 4.79 Å². The van der Waals surface area contributed by atoms with Crippen molar-refractivity contribution >= 4 is 34.7 Å². The smallest absolute Gasteiger partial charge is 0.261 e. The van der Waals surface area contributed by atoms with Crippen LogP contribution in [0.3, 0.4) is 0 Å². The molecule has 1 amide bonds. The third-order valence-corrected chi connectivity index (χ3v) is 3.87. The van der Waals surface area contributed by atoms with Crippen molar-refractivity contribution in [2.24, 2.45) is 0 Å². The van der Waals surface area contributed by atoms with E-state index in [2.05, 4.69) is 5.32 Å². The normalized spacial score (nSPS) is 12.5. The summed E-state index contributed by atoms with van der Waals surface area (Å²) in [5.74, 6) is 0.896. The zero-order chi connectivity index (χ0) is 11.4. The molecule has 3 nitrogen and oxygen atoms in total. The van der Waals surface area contributed by atoms with Crippen LogP contribution in [0, 0.1) is 6.92 Å². The molecule has 1 heterocycles. The molecule has 0 saturated carbocycles. The van der Waals surface area contributed by atoms with Gasteiger partial charge in [0, 0.05) is 22.4 Å². The lowest BCUT2D eigenvalue weighted by atomic mass is 10.3. The van der Waals surface area contributed by atoms with E-state index >= 15 is 0 Å². The van der Waals surface area contributed by atoms with E-state index in [-0.39, 0.29) is 11.9 Å². The van der Waals surface area contributed by atoms with E-state index in [1.807, 2.05) is 20.1 Å². The zero-order valence-corrected chi connectivity index (χ0v) is 10.8. The molecule has 1 aromatic rings. The number of carbonyl (C=O) groups is 1. The first-order valence-corrected chi connectivity index (χ1v) is 6.91. The maximum Gasteiger partial charge on any atom is 0.261 e. The Morgan fingerprint density at radius 1 is 1.73 bits per heavy atom. The highest BCUT2D eigenvalue weighted by atomic mass is 32.2. The molecule has 1 aromatic heterocycles. The van der Waals surface area contributed by atoms with Crippen molar-refractivity contribution in [3.8, 4) is 0 Å². The average molecular weight is 244 g/mol. The minimum atomic E-state index is -0.0265. The van der Waals surface area contributed by atoms with Gasteiger partial charge in [-0.05, 0) is 26.2 Å². The van der Waals surface area contributed by atoms with E-state index < -0.39 is 0 Å². The van der Waals surface area contributed by atoms with Gasteiger partial charge in [0.25, 0.3) is 5.91 Å². The largest absolute Gasteiger partial charge is 0.398 e. The van der Waals surface area contributed by atoms with Gasteiger partial charge >= 0.3 is 0 Å². The number of amides is 1. The number of thiophene rings is 1. The standard InChI is InChI=1S/C10H16N2OS2/c1-6(5-14-3)12-10(13)9-4-8(11)7(2)15-9/h4,6H,5,11H2,1-3H3,(H,12,13). The number of carbonyl (C=O) groups excluding carboxylic acids is 1. The summed E-state index contributed by atoms with van der Waals surface area (Å²) in [6.45, 7) is 3.92. The second-order valence-electron chi connectivity index (χ2n) is 3.45. The molecule has 15 heavy (non-hydrogen) atoms. The summed E-state index contributed by atoms with van der Waals surface area (Å²) >= 11 is 3.16. The summed E-state index contributed by atoms with van der Waals surface area (Å²) < 4.78 is 0. The van der Waals surface area contributed by atoms with Crippen molar-refractivity contribution in [3.05, 3.63) is 15.8 Å². The Morgan fingerprint density at radius 2 is 2.40 bits per heavy atom. The van der Waals surface area contributed by atoms with Crippen LogP contribution in [0.1, 0.15) is 21.5 Å². The predicted molar refractivity (Wildman–Crippen MR) is 68.8 cm³/mol. The number of thioether (sulfide) groups is 1. The van der Waals surface area contributed by atoms with Crippen LogP contribution in [0.2, 0.25) is 0 Å². The van der Waals surface area contributed by atoms with Crippen molar-refractivity contribution in [3.63, 3.8) is 0 Å². The molecule has 1 rings (SSSR count). The minimum absolute atomic E-state index is 0.0265. The quantitative estimate of drug-likeness (QED) is 0.853. The van der Waals surface area contributed by atoms with Gasteiger partial charge in [0.1, 0.15) is 0 Å². The maximum absolute atomic E-state index is 11.7. The fourth-order valence-corrected chi connectivity index (χ4v) is 2.62. The predicted octanol–water partition coefficient (Wildman–Crippen LogP) is 2.12. The van der Waals surface area contributed by atoms with E-state index in [0.29, 0.717) is 10.6 Å². The summed E-state index contributed by atoms with van der Waals surface area (Å²) in [6, 6.07) is 1.93. The molecular formula is C10H16N2OS2. The second-order valence-corrected chi connectivity index (χ2v) is 5.62. The number of nitrogen functional groups attached to an aromatic ring is 1. The molecule has 1 atom stereocenters. The third kappa shape index (κ3) is 3.43. The summed E-state index contributed by atoms with van der Waals surface area (Å²) in [7, 11) is 0. The molecule has 0 aliphatic rings. The molecule has 84 valence electrons. The molecule has 0 fully saturated rings. The Bertz CT molecular complexity index is 330. The lowest BCUT2D eigenvalue weighted by Crippen LogP contribution is -2.33. The van der Waals surface area contributed by atoms with Gasteiger partial charge in [-0.2, -0.15) is 11.8 Å². The number of hydrogen-bond acceptors (Lipinski definition) is 4. The highest BCUT2D eigenvalue weighted by molar-refractivity contribution is 7.98. The molecule has 0 aliphatic carbocycles. The summed E-state index contributed by atoms with van der Waals surface area (Å²) in [4.78, 5) is 13.4. The van der Waals surface area contributed by atoms with E-state index in [1.165, 1.54) is 11.3 Å². The van der Waals surface area contributed by atoms with Crippen molar-refractivity contribution in [2.45, 2.75) is 19.9 Å². The minimum Gasteiger partial charge on any atom is -0.398 e. The lowest BCUT2D eigenvalue weighted by molar-refractivity contribution is 0.0948. The molecule has 0 spiro atoms. The van der Waals surface area contributed by atoms with Crippen LogP contribution in [-0.2, 0) is 0 Å². The van der Waals surface area contributed by atoms with Crippen LogP contribution in [0.4, 0.5) is 5.69 Å². The van der Waals surface area contributed by atoms with Gasteiger partial charge in [-0.25, -0.2) is 0 Å². The van der Waals surface area contributed by atoms with E-state index in [1.54, 1.807) is 17.8 Å². The van der Waals surface area contributed by atoms with E-state index in [4.69, 9.17) is 5.73 Å². The number of hydrogen-bond donors (Lipinski definition) is 2. The van der Waals surface area contributed by atoms with Gasteiger partial charge in [0.05, 0.1) is 4.88 Å². The topological polar surface area (TPSA) is 55.1 Å². The molecule has 0 bridgehead atoms. The van der Waals surface area contributed by atoms with Crippen LogP contribution in [-0.4, -0.2) is 24.0 Å². The SMILES string of the molecule is CSCC(C)NC(=O)c1cc(N)c(C)s1. The van der Waals surface area contributed by atoms with Crippen molar-refractivity contribution in [1.82, 2.24) is 5.32 Å². The van der Waals surface area contributed by atoms with E-state index in [0.717, 1.165) is 10.6 Å². The molecule has 0 aliphatic heterocycles. The van der Waals surface area contributed by atoms with Gasteiger partial charge in [-0.1, -0.05) is 0 Å². The number of nitrogens with two attached hydrogens (primary N) is 1. The maximum atomic E-state index is 11.7.